The molecule has 0 unspecified atom stereocenters. The molecule has 9 heteroatoms. The Labute approximate surface area is 184 Å². The van der Waals surface area contributed by atoms with Crippen LogP contribution in [0.3, 0.4) is 0 Å². The van der Waals surface area contributed by atoms with Gasteiger partial charge in [-0.25, -0.2) is 19.3 Å². The smallest absolute Gasteiger partial charge is 0.210 e. The molecule has 0 spiro atoms. The standard InChI is InChI=1S/C22H19FN6O.ClH/c1-14(15-2-5-18(23)6-3-15)27-19-10-17(16-4-7-22(30)26-12-16)11-20(28-19)29-21-13-24-8-9-25-21;/h2-14H,1H3,(H,26,30)(H2,25,27,28,29);1H/t14-;/m0./s1. The Bertz CT molecular complexity index is 1130. The van der Waals surface area contributed by atoms with E-state index in [0.717, 1.165) is 16.7 Å². The number of rotatable bonds is 6. The van der Waals surface area contributed by atoms with Crippen molar-refractivity contribution >= 4 is 29.9 Å². The predicted molar refractivity (Wildman–Crippen MR) is 120 cm³/mol. The summed E-state index contributed by atoms with van der Waals surface area (Å²) in [6.45, 7) is 1.97. The molecule has 0 fully saturated rings. The van der Waals surface area contributed by atoms with E-state index in [1.165, 1.54) is 18.2 Å². The monoisotopic (exact) mass is 438 g/mol. The summed E-state index contributed by atoms with van der Waals surface area (Å²) in [5, 5.41) is 16.0. The van der Waals surface area contributed by atoms with Gasteiger partial charge in [0.2, 0.25) is 5.88 Å². The van der Waals surface area contributed by atoms with Gasteiger partial charge in [-0.1, -0.05) is 12.1 Å². The van der Waals surface area contributed by atoms with Crippen LogP contribution in [0.4, 0.5) is 21.8 Å². The molecule has 3 heterocycles. The number of benzene rings is 1. The van der Waals surface area contributed by atoms with E-state index in [4.69, 9.17) is 0 Å². The highest BCUT2D eigenvalue weighted by Crippen LogP contribution is 2.28. The first kappa shape index (κ1) is 21.9. The minimum Gasteiger partial charge on any atom is -0.493 e. The van der Waals surface area contributed by atoms with Gasteiger partial charge in [-0.05, 0) is 48.4 Å². The molecule has 0 aliphatic rings. The summed E-state index contributed by atoms with van der Waals surface area (Å²) in [5.74, 6) is 1.41. The van der Waals surface area contributed by atoms with Crippen molar-refractivity contribution in [2.24, 2.45) is 0 Å². The van der Waals surface area contributed by atoms with Crippen molar-refractivity contribution in [3.63, 3.8) is 0 Å². The molecular weight excluding hydrogens is 419 g/mol. The third-order valence-electron chi connectivity index (χ3n) is 4.46. The Morgan fingerprint density at radius 3 is 2.32 bits per heavy atom. The van der Waals surface area contributed by atoms with Crippen LogP contribution < -0.4 is 10.6 Å². The summed E-state index contributed by atoms with van der Waals surface area (Å²) in [6.07, 6.45) is 6.37. The van der Waals surface area contributed by atoms with Crippen LogP contribution in [0.1, 0.15) is 18.5 Å². The van der Waals surface area contributed by atoms with Crippen LogP contribution in [0.2, 0.25) is 0 Å². The zero-order chi connectivity index (χ0) is 20.9. The number of anilines is 3. The molecule has 0 aliphatic heterocycles. The number of hydrogen-bond acceptors (Lipinski definition) is 7. The van der Waals surface area contributed by atoms with E-state index in [2.05, 4.69) is 30.6 Å². The van der Waals surface area contributed by atoms with Gasteiger partial charge >= 0.3 is 0 Å². The number of nitrogens with zero attached hydrogens (tertiary/aromatic N) is 4. The highest BCUT2D eigenvalue weighted by molar-refractivity contribution is 5.85. The van der Waals surface area contributed by atoms with Crippen LogP contribution in [0.5, 0.6) is 5.88 Å². The number of halogens is 2. The minimum atomic E-state index is -0.277. The topological polar surface area (TPSA) is 95.8 Å². The summed E-state index contributed by atoms with van der Waals surface area (Å²) in [6, 6.07) is 13.3. The second-order valence-electron chi connectivity index (χ2n) is 6.66. The van der Waals surface area contributed by atoms with Crippen molar-refractivity contribution in [3.05, 3.63) is 84.7 Å². The molecule has 4 aromatic rings. The van der Waals surface area contributed by atoms with E-state index in [0.29, 0.717) is 17.5 Å². The molecule has 1 atom stereocenters. The molecule has 31 heavy (non-hydrogen) atoms. The van der Waals surface area contributed by atoms with Gasteiger partial charge in [0.1, 0.15) is 23.3 Å². The van der Waals surface area contributed by atoms with Gasteiger partial charge in [0.25, 0.3) is 0 Å². The van der Waals surface area contributed by atoms with Gasteiger partial charge in [0, 0.05) is 36.3 Å². The quantitative estimate of drug-likeness (QED) is 0.384. The van der Waals surface area contributed by atoms with E-state index in [1.54, 1.807) is 43.0 Å². The zero-order valence-electron chi connectivity index (χ0n) is 16.5. The van der Waals surface area contributed by atoms with Gasteiger partial charge in [0.05, 0.1) is 6.20 Å². The lowest BCUT2D eigenvalue weighted by Crippen LogP contribution is -2.09. The molecular formula is C22H20ClFN6O. The van der Waals surface area contributed by atoms with Gasteiger partial charge in [0.15, 0.2) is 0 Å². The first-order chi connectivity index (χ1) is 14.6. The van der Waals surface area contributed by atoms with Crippen LogP contribution in [0.15, 0.2) is 73.3 Å². The number of aromatic nitrogens is 4. The summed E-state index contributed by atoms with van der Waals surface area (Å²) in [5.41, 5.74) is 2.59. The van der Waals surface area contributed by atoms with E-state index in [-0.39, 0.29) is 30.1 Å². The molecule has 0 radical (unpaired) electrons. The van der Waals surface area contributed by atoms with Gasteiger partial charge in [-0.3, -0.25) is 4.98 Å². The number of pyridine rings is 2. The van der Waals surface area contributed by atoms with E-state index in [1.807, 2.05) is 19.1 Å². The molecule has 0 amide bonds. The SMILES string of the molecule is C[C@H](Nc1cc(-c2ccc(O)nc2)cc(Nc2cnccn2)n1)c1ccc(F)cc1.Cl. The van der Waals surface area contributed by atoms with Crippen LogP contribution in [0, 0.1) is 5.82 Å². The molecule has 4 rings (SSSR count). The maximum absolute atomic E-state index is 13.2. The van der Waals surface area contributed by atoms with Crippen molar-refractivity contribution in [1.82, 2.24) is 19.9 Å². The highest BCUT2D eigenvalue weighted by atomic mass is 35.5. The molecule has 0 bridgehead atoms. The van der Waals surface area contributed by atoms with Crippen LogP contribution in [-0.2, 0) is 0 Å². The highest BCUT2D eigenvalue weighted by Gasteiger charge is 2.11. The lowest BCUT2D eigenvalue weighted by Gasteiger charge is -2.17. The third-order valence-corrected chi connectivity index (χ3v) is 4.46. The van der Waals surface area contributed by atoms with Crippen molar-refractivity contribution < 1.29 is 9.50 Å². The summed E-state index contributed by atoms with van der Waals surface area (Å²) < 4.78 is 13.2. The van der Waals surface area contributed by atoms with Gasteiger partial charge in [-0.15, -0.1) is 12.4 Å². The lowest BCUT2D eigenvalue weighted by atomic mass is 10.1. The summed E-state index contributed by atoms with van der Waals surface area (Å²) >= 11 is 0. The average Bonchev–Trinajstić information content (AvgIpc) is 2.75. The van der Waals surface area contributed by atoms with Crippen molar-refractivity contribution in [1.29, 1.82) is 0 Å². The molecule has 0 saturated carbocycles. The van der Waals surface area contributed by atoms with Gasteiger partial charge in [-0.2, -0.15) is 0 Å². The number of aromatic hydroxyl groups is 1. The van der Waals surface area contributed by atoms with Crippen LogP contribution >= 0.6 is 12.4 Å². The minimum absolute atomic E-state index is 0. The lowest BCUT2D eigenvalue weighted by molar-refractivity contribution is 0.453. The number of hydrogen-bond donors (Lipinski definition) is 3. The predicted octanol–water partition coefficient (Wildman–Crippen LogP) is 5.12. The largest absolute Gasteiger partial charge is 0.493 e. The molecule has 0 aliphatic carbocycles. The maximum atomic E-state index is 13.2. The molecule has 3 N–H and O–H groups in total. The molecule has 1 aromatic carbocycles. The van der Waals surface area contributed by atoms with Crippen molar-refractivity contribution in [2.75, 3.05) is 10.6 Å². The molecule has 158 valence electrons. The Morgan fingerprint density at radius 2 is 1.65 bits per heavy atom. The van der Waals surface area contributed by atoms with Gasteiger partial charge < -0.3 is 15.7 Å². The normalized spacial score (nSPS) is 11.3. The Morgan fingerprint density at radius 1 is 0.871 bits per heavy atom. The first-order valence-electron chi connectivity index (χ1n) is 9.29. The Hall–Kier alpha value is -3.78. The molecule has 0 saturated heterocycles. The van der Waals surface area contributed by atoms with E-state index < -0.39 is 0 Å². The second-order valence-corrected chi connectivity index (χ2v) is 6.66. The Balaban J connectivity index is 0.00000272. The van der Waals surface area contributed by atoms with E-state index >= 15 is 0 Å². The zero-order valence-corrected chi connectivity index (χ0v) is 17.3. The first-order valence-corrected chi connectivity index (χ1v) is 9.29. The maximum Gasteiger partial charge on any atom is 0.210 e. The number of nitrogens with one attached hydrogen (secondary N) is 2. The van der Waals surface area contributed by atoms with Crippen LogP contribution in [0.25, 0.3) is 11.1 Å². The Kier molecular flexibility index (Phi) is 6.94. The fraction of sp³-hybridized carbons (Fsp3) is 0.0909. The summed E-state index contributed by atoms with van der Waals surface area (Å²) in [4.78, 5) is 16.8. The average molecular weight is 439 g/mol. The molecule has 7 nitrogen and oxygen atoms in total. The summed E-state index contributed by atoms with van der Waals surface area (Å²) in [7, 11) is 0. The molecule has 3 aromatic heterocycles. The fourth-order valence-electron chi connectivity index (χ4n) is 2.94. The fourth-order valence-corrected chi connectivity index (χ4v) is 2.94. The van der Waals surface area contributed by atoms with Crippen molar-refractivity contribution in [3.8, 4) is 17.0 Å². The second kappa shape index (κ2) is 9.82. The van der Waals surface area contributed by atoms with Crippen LogP contribution in [-0.4, -0.2) is 25.0 Å². The third kappa shape index (κ3) is 5.64. The van der Waals surface area contributed by atoms with Crippen molar-refractivity contribution in [2.45, 2.75) is 13.0 Å². The van der Waals surface area contributed by atoms with E-state index in [9.17, 15) is 9.50 Å².